The minimum Gasteiger partial charge on any atom is -0.497 e. The van der Waals surface area contributed by atoms with E-state index in [4.69, 9.17) is 4.74 Å². The number of piperazine rings is 1. The molecule has 0 saturated carbocycles. The summed E-state index contributed by atoms with van der Waals surface area (Å²) in [5, 5.41) is 13.7. The number of carbonyl (C=O) groups is 2. The Labute approximate surface area is 196 Å². The summed E-state index contributed by atoms with van der Waals surface area (Å²) in [6, 6.07) is 20.1. The van der Waals surface area contributed by atoms with Crippen LogP contribution in [0.25, 0.3) is 0 Å². The molecule has 4 rings (SSSR count). The Hall–Kier alpha value is -4.40. The fraction of sp³-hybridized carbons (Fsp3) is 0.200. The molecule has 0 spiro atoms. The van der Waals surface area contributed by atoms with Gasteiger partial charge < -0.3 is 19.9 Å². The number of nitro benzene ring substituents is 1. The van der Waals surface area contributed by atoms with E-state index in [0.29, 0.717) is 43.2 Å². The lowest BCUT2D eigenvalue weighted by Crippen LogP contribution is -2.48. The molecule has 1 saturated heterocycles. The third-order valence-corrected chi connectivity index (χ3v) is 5.71. The van der Waals surface area contributed by atoms with E-state index in [1.807, 2.05) is 17.0 Å². The van der Waals surface area contributed by atoms with Gasteiger partial charge in [-0.15, -0.1) is 0 Å². The average Bonchev–Trinajstić information content (AvgIpc) is 2.89. The Morgan fingerprint density at radius 2 is 1.59 bits per heavy atom. The second kappa shape index (κ2) is 10.0. The van der Waals surface area contributed by atoms with Crippen LogP contribution < -0.4 is 15.0 Å². The number of carbonyl (C=O) groups excluding carboxylic acids is 2. The van der Waals surface area contributed by atoms with Crippen molar-refractivity contribution in [1.29, 1.82) is 0 Å². The Balaban J connectivity index is 1.33. The van der Waals surface area contributed by atoms with Crippen LogP contribution in [0.1, 0.15) is 20.7 Å². The number of hydrogen-bond acceptors (Lipinski definition) is 6. The molecule has 0 radical (unpaired) electrons. The lowest BCUT2D eigenvalue weighted by atomic mass is 10.1. The van der Waals surface area contributed by atoms with Crippen LogP contribution in [0.15, 0.2) is 72.8 Å². The maximum atomic E-state index is 12.8. The molecule has 3 aromatic carbocycles. The quantitative estimate of drug-likeness (QED) is 0.443. The first kappa shape index (κ1) is 22.8. The van der Waals surface area contributed by atoms with E-state index in [0.717, 1.165) is 5.69 Å². The van der Waals surface area contributed by atoms with Gasteiger partial charge in [0.05, 0.1) is 12.0 Å². The number of nitro groups is 1. The Kier molecular flexibility index (Phi) is 6.72. The number of hydrogen-bond donors (Lipinski definition) is 1. The molecule has 174 valence electrons. The second-order valence-corrected chi connectivity index (χ2v) is 7.82. The highest BCUT2D eigenvalue weighted by Gasteiger charge is 2.22. The summed E-state index contributed by atoms with van der Waals surface area (Å²) in [6.07, 6.45) is 0. The average molecular weight is 460 g/mol. The van der Waals surface area contributed by atoms with E-state index in [1.165, 1.54) is 24.3 Å². The molecule has 1 aliphatic heterocycles. The first-order chi connectivity index (χ1) is 16.4. The lowest BCUT2D eigenvalue weighted by Gasteiger charge is -2.36. The molecule has 0 aliphatic carbocycles. The predicted octanol–water partition coefficient (Wildman–Crippen LogP) is 3.82. The van der Waals surface area contributed by atoms with E-state index < -0.39 is 10.8 Å². The van der Waals surface area contributed by atoms with Crippen molar-refractivity contribution in [2.24, 2.45) is 0 Å². The van der Waals surface area contributed by atoms with Gasteiger partial charge in [0.1, 0.15) is 5.75 Å². The van der Waals surface area contributed by atoms with Gasteiger partial charge in [0, 0.05) is 60.8 Å². The highest BCUT2D eigenvalue weighted by molar-refractivity contribution is 6.04. The third kappa shape index (κ3) is 5.15. The zero-order valence-electron chi connectivity index (χ0n) is 18.6. The molecular formula is C25H24N4O5. The molecule has 0 atom stereocenters. The highest BCUT2D eigenvalue weighted by atomic mass is 16.6. The van der Waals surface area contributed by atoms with Crippen molar-refractivity contribution in [3.8, 4) is 5.75 Å². The Morgan fingerprint density at radius 3 is 2.21 bits per heavy atom. The number of benzene rings is 3. The second-order valence-electron chi connectivity index (χ2n) is 7.82. The number of amides is 2. The maximum Gasteiger partial charge on any atom is 0.270 e. The molecule has 9 nitrogen and oxygen atoms in total. The maximum absolute atomic E-state index is 12.8. The van der Waals surface area contributed by atoms with Crippen molar-refractivity contribution in [2.45, 2.75) is 0 Å². The van der Waals surface area contributed by atoms with Crippen LogP contribution in [0.2, 0.25) is 0 Å². The van der Waals surface area contributed by atoms with Gasteiger partial charge in [0.2, 0.25) is 0 Å². The fourth-order valence-electron chi connectivity index (χ4n) is 3.80. The number of nitrogens with zero attached hydrogens (tertiary/aromatic N) is 3. The summed E-state index contributed by atoms with van der Waals surface area (Å²) in [7, 11) is 1.59. The van der Waals surface area contributed by atoms with Crippen LogP contribution in [0.3, 0.4) is 0 Å². The SMILES string of the molecule is COc1ccc(C(=O)N2CCN(c3ccc(NC(=O)c4cccc([N+](=O)[O-])c4)cc3)CC2)cc1. The normalized spacial score (nSPS) is 13.3. The number of anilines is 2. The van der Waals surface area contributed by atoms with Crippen LogP contribution in [0.5, 0.6) is 5.75 Å². The number of rotatable bonds is 6. The predicted molar refractivity (Wildman–Crippen MR) is 129 cm³/mol. The summed E-state index contributed by atoms with van der Waals surface area (Å²) in [4.78, 5) is 39.6. The summed E-state index contributed by atoms with van der Waals surface area (Å²) in [6.45, 7) is 2.61. The van der Waals surface area contributed by atoms with Crippen LogP contribution in [0, 0.1) is 10.1 Å². The van der Waals surface area contributed by atoms with Gasteiger partial charge in [-0.05, 0) is 54.6 Å². The summed E-state index contributed by atoms with van der Waals surface area (Å²) in [5.74, 6) is 0.301. The van der Waals surface area contributed by atoms with Crippen LogP contribution in [0.4, 0.5) is 17.1 Å². The van der Waals surface area contributed by atoms with Crippen LogP contribution in [-0.2, 0) is 0 Å². The van der Waals surface area contributed by atoms with Gasteiger partial charge in [-0.2, -0.15) is 0 Å². The van der Waals surface area contributed by atoms with Crippen molar-refractivity contribution < 1.29 is 19.2 Å². The minimum atomic E-state index is -0.532. The Morgan fingerprint density at radius 1 is 0.912 bits per heavy atom. The third-order valence-electron chi connectivity index (χ3n) is 5.71. The molecule has 0 aromatic heterocycles. The number of non-ortho nitro benzene ring substituents is 1. The number of methoxy groups -OCH3 is 1. The molecule has 9 heteroatoms. The zero-order valence-corrected chi connectivity index (χ0v) is 18.6. The molecule has 3 aromatic rings. The smallest absolute Gasteiger partial charge is 0.270 e. The molecule has 1 N–H and O–H groups in total. The highest BCUT2D eigenvalue weighted by Crippen LogP contribution is 2.22. The van der Waals surface area contributed by atoms with E-state index in [2.05, 4.69) is 10.2 Å². The van der Waals surface area contributed by atoms with E-state index in [1.54, 1.807) is 43.5 Å². The number of nitrogens with one attached hydrogen (secondary N) is 1. The fourth-order valence-corrected chi connectivity index (χ4v) is 3.80. The van der Waals surface area contributed by atoms with Crippen LogP contribution >= 0.6 is 0 Å². The monoisotopic (exact) mass is 460 g/mol. The largest absolute Gasteiger partial charge is 0.497 e. The topological polar surface area (TPSA) is 105 Å². The molecule has 0 bridgehead atoms. The van der Waals surface area contributed by atoms with Crippen molar-refractivity contribution in [1.82, 2.24) is 4.90 Å². The van der Waals surface area contributed by atoms with Crippen LogP contribution in [-0.4, -0.2) is 54.9 Å². The van der Waals surface area contributed by atoms with Gasteiger partial charge in [-0.1, -0.05) is 6.07 Å². The minimum absolute atomic E-state index is 0.00140. The molecule has 1 aliphatic rings. The van der Waals surface area contributed by atoms with Crippen molar-refractivity contribution in [3.05, 3.63) is 94.0 Å². The molecule has 1 fully saturated rings. The molecule has 1 heterocycles. The van der Waals surface area contributed by atoms with Gasteiger partial charge >= 0.3 is 0 Å². The molecular weight excluding hydrogens is 436 g/mol. The van der Waals surface area contributed by atoms with Crippen molar-refractivity contribution in [2.75, 3.05) is 43.5 Å². The summed E-state index contributed by atoms with van der Waals surface area (Å²) < 4.78 is 5.14. The van der Waals surface area contributed by atoms with Gasteiger partial charge in [-0.25, -0.2) is 0 Å². The van der Waals surface area contributed by atoms with E-state index >= 15 is 0 Å². The summed E-state index contributed by atoms with van der Waals surface area (Å²) in [5.41, 5.74) is 2.31. The van der Waals surface area contributed by atoms with E-state index in [9.17, 15) is 19.7 Å². The zero-order chi connectivity index (χ0) is 24.1. The van der Waals surface area contributed by atoms with Crippen molar-refractivity contribution >= 4 is 28.9 Å². The molecule has 34 heavy (non-hydrogen) atoms. The number of ether oxygens (including phenoxy) is 1. The standard InChI is InChI=1S/C25H24N4O5/c1-34-23-11-5-18(6-12-23)25(31)28-15-13-27(14-16-28)21-9-7-20(8-10-21)26-24(30)19-3-2-4-22(17-19)29(32)33/h2-12,17H,13-16H2,1H3,(H,26,30). The van der Waals surface area contributed by atoms with Gasteiger partial charge in [-0.3, -0.25) is 19.7 Å². The first-order valence-corrected chi connectivity index (χ1v) is 10.8. The molecule has 2 amide bonds. The molecule has 0 unspecified atom stereocenters. The lowest BCUT2D eigenvalue weighted by molar-refractivity contribution is -0.384. The first-order valence-electron chi connectivity index (χ1n) is 10.8. The Bertz CT molecular complexity index is 1190. The van der Waals surface area contributed by atoms with Crippen molar-refractivity contribution in [3.63, 3.8) is 0 Å². The van der Waals surface area contributed by atoms with Gasteiger partial charge in [0.25, 0.3) is 17.5 Å². The summed E-state index contributed by atoms with van der Waals surface area (Å²) >= 11 is 0. The van der Waals surface area contributed by atoms with Gasteiger partial charge in [0.15, 0.2) is 0 Å². The van der Waals surface area contributed by atoms with E-state index in [-0.39, 0.29) is 17.2 Å².